The molecule has 0 fully saturated rings. The second-order valence-corrected chi connectivity index (χ2v) is 6.68. The van der Waals surface area contributed by atoms with Gasteiger partial charge in [0.2, 0.25) is 0 Å². The van der Waals surface area contributed by atoms with Crippen LogP contribution in [0.5, 0.6) is 0 Å². The number of aliphatic hydroxyl groups is 1. The Labute approximate surface area is 137 Å². The van der Waals surface area contributed by atoms with Gasteiger partial charge in [0.15, 0.2) is 0 Å². The highest BCUT2D eigenvalue weighted by Gasteiger charge is 2.15. The molecule has 0 atom stereocenters. The number of fused-ring (bicyclic) bond motifs is 1. The van der Waals surface area contributed by atoms with Crippen molar-refractivity contribution in [2.24, 2.45) is 5.41 Å². The van der Waals surface area contributed by atoms with Crippen molar-refractivity contribution in [2.45, 2.75) is 40.2 Å². The maximum absolute atomic E-state index is 12.0. The number of rotatable bonds is 7. The van der Waals surface area contributed by atoms with E-state index in [0.29, 0.717) is 6.54 Å². The SMILES string of the molecule is CCn1ccc2ccc(NC(=O)NCCCC(C)(C)CO)cc21. The van der Waals surface area contributed by atoms with Crippen LogP contribution in [0.15, 0.2) is 30.5 Å². The summed E-state index contributed by atoms with van der Waals surface area (Å²) in [6.45, 7) is 7.80. The highest BCUT2D eigenvalue weighted by atomic mass is 16.3. The molecule has 5 heteroatoms. The molecule has 0 radical (unpaired) electrons. The normalized spacial score (nSPS) is 11.7. The number of nitrogens with zero attached hydrogens (tertiary/aromatic N) is 1. The summed E-state index contributed by atoms with van der Waals surface area (Å²) in [6.07, 6.45) is 3.77. The number of anilines is 1. The fourth-order valence-electron chi connectivity index (χ4n) is 2.56. The Morgan fingerprint density at radius 3 is 2.78 bits per heavy atom. The molecule has 0 aliphatic rings. The first-order valence-corrected chi connectivity index (χ1v) is 8.20. The van der Waals surface area contributed by atoms with E-state index in [1.807, 2.05) is 32.0 Å². The number of carbonyl (C=O) groups is 1. The van der Waals surface area contributed by atoms with Crippen molar-refractivity contribution in [3.8, 4) is 0 Å². The number of aryl methyl sites for hydroxylation is 1. The number of amides is 2. The number of urea groups is 1. The molecule has 126 valence electrons. The highest BCUT2D eigenvalue weighted by Crippen LogP contribution is 2.21. The lowest BCUT2D eigenvalue weighted by Crippen LogP contribution is -2.30. The number of aromatic nitrogens is 1. The van der Waals surface area contributed by atoms with Crippen LogP contribution in [-0.2, 0) is 6.54 Å². The molecule has 0 unspecified atom stereocenters. The summed E-state index contributed by atoms with van der Waals surface area (Å²) in [6, 6.07) is 7.80. The van der Waals surface area contributed by atoms with Crippen molar-refractivity contribution in [3.05, 3.63) is 30.5 Å². The van der Waals surface area contributed by atoms with Crippen LogP contribution in [0.1, 0.15) is 33.6 Å². The van der Waals surface area contributed by atoms with Gasteiger partial charge >= 0.3 is 6.03 Å². The van der Waals surface area contributed by atoms with Gasteiger partial charge in [-0.15, -0.1) is 0 Å². The van der Waals surface area contributed by atoms with E-state index in [-0.39, 0.29) is 18.1 Å². The molecule has 0 spiro atoms. The minimum absolute atomic E-state index is 0.0885. The molecule has 2 rings (SSSR count). The van der Waals surface area contributed by atoms with Gasteiger partial charge < -0.3 is 20.3 Å². The van der Waals surface area contributed by atoms with Gasteiger partial charge in [0.05, 0.1) is 5.52 Å². The molecular weight excluding hydrogens is 290 g/mol. The lowest BCUT2D eigenvalue weighted by Gasteiger charge is -2.21. The predicted molar refractivity (Wildman–Crippen MR) is 94.7 cm³/mol. The zero-order valence-corrected chi connectivity index (χ0v) is 14.2. The monoisotopic (exact) mass is 317 g/mol. The third-order valence-corrected chi connectivity index (χ3v) is 4.12. The van der Waals surface area contributed by atoms with E-state index in [2.05, 4.69) is 34.4 Å². The third kappa shape index (κ3) is 4.73. The number of hydrogen-bond donors (Lipinski definition) is 3. The van der Waals surface area contributed by atoms with E-state index < -0.39 is 0 Å². The standard InChI is InChI=1S/C18H27N3O2/c1-4-21-11-8-14-6-7-15(12-16(14)21)20-17(23)19-10-5-9-18(2,3)13-22/h6-8,11-12,22H,4-5,9-10,13H2,1-3H3,(H2,19,20,23). The van der Waals surface area contributed by atoms with Crippen LogP contribution < -0.4 is 10.6 Å². The number of nitrogens with one attached hydrogen (secondary N) is 2. The van der Waals surface area contributed by atoms with Gasteiger partial charge in [0.25, 0.3) is 0 Å². The molecule has 1 aromatic heterocycles. The Morgan fingerprint density at radius 2 is 2.09 bits per heavy atom. The van der Waals surface area contributed by atoms with Crippen molar-refractivity contribution < 1.29 is 9.90 Å². The van der Waals surface area contributed by atoms with E-state index in [1.165, 1.54) is 5.39 Å². The van der Waals surface area contributed by atoms with Gasteiger partial charge in [-0.2, -0.15) is 0 Å². The van der Waals surface area contributed by atoms with Crippen LogP contribution in [0.3, 0.4) is 0 Å². The molecule has 0 saturated carbocycles. The summed E-state index contributed by atoms with van der Waals surface area (Å²) in [5.41, 5.74) is 1.82. The number of benzene rings is 1. The van der Waals surface area contributed by atoms with Crippen LogP contribution in [0, 0.1) is 5.41 Å². The molecule has 5 nitrogen and oxygen atoms in total. The Morgan fingerprint density at radius 1 is 1.30 bits per heavy atom. The van der Waals surface area contributed by atoms with Gasteiger partial charge in [0, 0.05) is 31.6 Å². The highest BCUT2D eigenvalue weighted by molar-refractivity contribution is 5.92. The second-order valence-electron chi connectivity index (χ2n) is 6.68. The predicted octanol–water partition coefficient (Wildman–Crippen LogP) is 3.58. The van der Waals surface area contributed by atoms with E-state index in [1.54, 1.807) is 0 Å². The summed E-state index contributed by atoms with van der Waals surface area (Å²) >= 11 is 0. The molecule has 3 N–H and O–H groups in total. The molecular formula is C18H27N3O2. The first kappa shape index (κ1) is 17.3. The average molecular weight is 317 g/mol. The van der Waals surface area contributed by atoms with Crippen LogP contribution >= 0.6 is 0 Å². The molecule has 0 saturated heterocycles. The summed E-state index contributed by atoms with van der Waals surface area (Å²) < 4.78 is 2.15. The van der Waals surface area contributed by atoms with Crippen LogP contribution in [0.4, 0.5) is 10.5 Å². The van der Waals surface area contributed by atoms with Crippen molar-refractivity contribution >= 4 is 22.6 Å². The largest absolute Gasteiger partial charge is 0.396 e. The first-order valence-electron chi connectivity index (χ1n) is 8.20. The van der Waals surface area contributed by atoms with Crippen LogP contribution in [-0.4, -0.2) is 28.9 Å². The van der Waals surface area contributed by atoms with Gasteiger partial charge in [-0.1, -0.05) is 19.9 Å². The zero-order chi connectivity index (χ0) is 16.9. The molecule has 0 bridgehead atoms. The first-order chi connectivity index (χ1) is 10.9. The lowest BCUT2D eigenvalue weighted by atomic mass is 9.89. The smallest absolute Gasteiger partial charge is 0.319 e. The molecule has 2 amide bonds. The fourth-order valence-corrected chi connectivity index (χ4v) is 2.56. The maximum atomic E-state index is 12.0. The minimum atomic E-state index is -0.194. The average Bonchev–Trinajstić information content (AvgIpc) is 2.94. The minimum Gasteiger partial charge on any atom is -0.396 e. The van der Waals surface area contributed by atoms with Gasteiger partial charge in [0.1, 0.15) is 0 Å². The number of carbonyl (C=O) groups excluding carboxylic acids is 1. The summed E-state index contributed by atoms with van der Waals surface area (Å²) in [5.74, 6) is 0. The van der Waals surface area contributed by atoms with Crippen molar-refractivity contribution in [1.82, 2.24) is 9.88 Å². The summed E-state index contributed by atoms with van der Waals surface area (Å²) in [5, 5.41) is 16.1. The van der Waals surface area contributed by atoms with Crippen molar-refractivity contribution in [3.63, 3.8) is 0 Å². The van der Waals surface area contributed by atoms with Gasteiger partial charge in [-0.05, 0) is 48.8 Å². The van der Waals surface area contributed by atoms with E-state index in [9.17, 15) is 9.90 Å². The third-order valence-electron chi connectivity index (χ3n) is 4.12. The molecule has 1 heterocycles. The number of aliphatic hydroxyl groups excluding tert-OH is 1. The number of hydrogen-bond acceptors (Lipinski definition) is 2. The van der Waals surface area contributed by atoms with Crippen molar-refractivity contribution in [2.75, 3.05) is 18.5 Å². The quantitative estimate of drug-likeness (QED) is 0.683. The maximum Gasteiger partial charge on any atom is 0.319 e. The Hall–Kier alpha value is -2.01. The Bertz CT molecular complexity index is 661. The molecule has 0 aliphatic carbocycles. The molecule has 0 aliphatic heterocycles. The Balaban J connectivity index is 1.85. The second kappa shape index (κ2) is 7.51. The van der Waals surface area contributed by atoms with E-state index in [0.717, 1.165) is 30.6 Å². The van der Waals surface area contributed by atoms with Crippen LogP contribution in [0.2, 0.25) is 0 Å². The molecule has 1 aromatic carbocycles. The molecule has 23 heavy (non-hydrogen) atoms. The molecule has 2 aromatic rings. The van der Waals surface area contributed by atoms with Crippen molar-refractivity contribution in [1.29, 1.82) is 0 Å². The van der Waals surface area contributed by atoms with Gasteiger partial charge in [-0.3, -0.25) is 0 Å². The Kier molecular flexibility index (Phi) is 5.66. The van der Waals surface area contributed by atoms with E-state index >= 15 is 0 Å². The summed E-state index contributed by atoms with van der Waals surface area (Å²) in [7, 11) is 0. The lowest BCUT2D eigenvalue weighted by molar-refractivity contribution is 0.148. The topological polar surface area (TPSA) is 66.3 Å². The van der Waals surface area contributed by atoms with Crippen LogP contribution in [0.25, 0.3) is 10.9 Å². The van der Waals surface area contributed by atoms with E-state index in [4.69, 9.17) is 0 Å². The summed E-state index contributed by atoms with van der Waals surface area (Å²) in [4.78, 5) is 12.0. The van der Waals surface area contributed by atoms with Gasteiger partial charge in [-0.25, -0.2) is 4.79 Å². The fraction of sp³-hybridized carbons (Fsp3) is 0.500. The zero-order valence-electron chi connectivity index (χ0n) is 14.2.